The highest BCUT2D eigenvalue weighted by atomic mass is 79.9. The van der Waals surface area contributed by atoms with Crippen molar-refractivity contribution in [2.24, 2.45) is 0 Å². The standard InChI is InChI=1S/C24H21BrN2O2/c1-16-13-20-8-7-17(15-26-23(28)18-9-11-21(25)12-10-18)14-22(20)27(16)24(29)19-5-3-2-4-6-19/h2-12,14,16H,13,15H2,1H3,(H,26,28)/t16-/m0/s1. The maximum absolute atomic E-state index is 13.1. The Morgan fingerprint density at radius 1 is 1.00 bits per heavy atom. The van der Waals surface area contributed by atoms with Gasteiger partial charge in [0.05, 0.1) is 0 Å². The Morgan fingerprint density at radius 3 is 2.45 bits per heavy atom. The number of hydrogen-bond donors (Lipinski definition) is 1. The number of amides is 2. The highest BCUT2D eigenvalue weighted by Gasteiger charge is 2.31. The van der Waals surface area contributed by atoms with Gasteiger partial charge in [-0.1, -0.05) is 46.3 Å². The monoisotopic (exact) mass is 448 g/mol. The van der Waals surface area contributed by atoms with E-state index in [-0.39, 0.29) is 17.9 Å². The Hall–Kier alpha value is -2.92. The molecule has 5 heteroatoms. The van der Waals surface area contributed by atoms with Gasteiger partial charge in [-0.05, 0) is 66.9 Å². The summed E-state index contributed by atoms with van der Waals surface area (Å²) in [7, 11) is 0. The molecule has 3 aromatic carbocycles. The van der Waals surface area contributed by atoms with Gasteiger partial charge in [0.15, 0.2) is 0 Å². The van der Waals surface area contributed by atoms with Crippen LogP contribution in [-0.4, -0.2) is 17.9 Å². The second-order valence-electron chi connectivity index (χ2n) is 7.25. The Morgan fingerprint density at radius 2 is 1.72 bits per heavy atom. The number of nitrogens with one attached hydrogen (secondary N) is 1. The highest BCUT2D eigenvalue weighted by molar-refractivity contribution is 9.10. The van der Waals surface area contributed by atoms with Crippen molar-refractivity contribution in [1.29, 1.82) is 0 Å². The van der Waals surface area contributed by atoms with Crippen LogP contribution in [0.4, 0.5) is 5.69 Å². The van der Waals surface area contributed by atoms with E-state index in [0.29, 0.717) is 17.7 Å². The third kappa shape index (κ3) is 4.10. The van der Waals surface area contributed by atoms with Crippen molar-refractivity contribution in [3.8, 4) is 0 Å². The minimum absolute atomic E-state index is 0.00731. The third-order valence-electron chi connectivity index (χ3n) is 5.16. The second-order valence-corrected chi connectivity index (χ2v) is 8.16. The Balaban J connectivity index is 1.52. The molecule has 4 nitrogen and oxygen atoms in total. The molecule has 29 heavy (non-hydrogen) atoms. The molecule has 0 saturated heterocycles. The molecule has 0 bridgehead atoms. The van der Waals surface area contributed by atoms with E-state index in [1.165, 1.54) is 0 Å². The van der Waals surface area contributed by atoms with E-state index in [0.717, 1.165) is 27.7 Å². The van der Waals surface area contributed by atoms with Crippen molar-refractivity contribution >= 4 is 33.4 Å². The summed E-state index contributed by atoms with van der Waals surface area (Å²) in [6.07, 6.45) is 0.833. The maximum Gasteiger partial charge on any atom is 0.258 e. The normalized spacial score (nSPS) is 15.1. The molecule has 0 aliphatic carbocycles. The van der Waals surface area contributed by atoms with Gasteiger partial charge in [0, 0.05) is 33.9 Å². The van der Waals surface area contributed by atoms with Crippen LogP contribution in [0.5, 0.6) is 0 Å². The molecule has 1 aliphatic heterocycles. The van der Waals surface area contributed by atoms with E-state index < -0.39 is 0 Å². The number of nitrogens with zero attached hydrogens (tertiary/aromatic N) is 1. The molecule has 0 radical (unpaired) electrons. The summed E-state index contributed by atoms with van der Waals surface area (Å²) in [5.41, 5.74) is 4.35. The minimum atomic E-state index is -0.122. The summed E-state index contributed by atoms with van der Waals surface area (Å²) in [6, 6.07) is 22.8. The molecular formula is C24H21BrN2O2. The van der Waals surface area contributed by atoms with E-state index in [9.17, 15) is 9.59 Å². The Kier molecular flexibility index (Phi) is 5.49. The molecule has 0 unspecified atom stereocenters. The highest BCUT2D eigenvalue weighted by Crippen LogP contribution is 2.34. The van der Waals surface area contributed by atoms with Gasteiger partial charge in [-0.15, -0.1) is 0 Å². The van der Waals surface area contributed by atoms with Crippen LogP contribution < -0.4 is 10.2 Å². The lowest BCUT2D eigenvalue weighted by atomic mass is 10.1. The molecule has 0 saturated carbocycles. The first-order valence-corrected chi connectivity index (χ1v) is 10.4. The third-order valence-corrected chi connectivity index (χ3v) is 5.69. The molecule has 0 spiro atoms. The van der Waals surface area contributed by atoms with Crippen LogP contribution in [0.3, 0.4) is 0 Å². The number of anilines is 1. The van der Waals surface area contributed by atoms with Gasteiger partial charge in [0.25, 0.3) is 11.8 Å². The molecule has 1 atom stereocenters. The maximum atomic E-state index is 13.1. The lowest BCUT2D eigenvalue weighted by Gasteiger charge is -2.23. The molecule has 0 fully saturated rings. The molecule has 1 heterocycles. The summed E-state index contributed by atoms with van der Waals surface area (Å²) in [5, 5.41) is 2.96. The number of hydrogen-bond acceptors (Lipinski definition) is 2. The molecule has 1 N–H and O–H groups in total. The second kappa shape index (κ2) is 8.21. The number of fused-ring (bicyclic) bond motifs is 1. The number of benzene rings is 3. The zero-order valence-electron chi connectivity index (χ0n) is 16.1. The number of carbonyl (C=O) groups excluding carboxylic acids is 2. The SMILES string of the molecule is C[C@H]1Cc2ccc(CNC(=O)c3ccc(Br)cc3)cc2N1C(=O)c1ccccc1. The largest absolute Gasteiger partial charge is 0.348 e. The fraction of sp³-hybridized carbons (Fsp3) is 0.167. The van der Waals surface area contributed by atoms with E-state index in [1.54, 1.807) is 12.1 Å². The number of carbonyl (C=O) groups is 2. The summed E-state index contributed by atoms with van der Waals surface area (Å²) < 4.78 is 0.935. The lowest BCUT2D eigenvalue weighted by Crippen LogP contribution is -2.35. The van der Waals surface area contributed by atoms with Gasteiger partial charge < -0.3 is 10.2 Å². The van der Waals surface area contributed by atoms with Crippen molar-refractivity contribution in [3.05, 3.63) is 99.5 Å². The van der Waals surface area contributed by atoms with E-state index in [2.05, 4.69) is 34.2 Å². The smallest absolute Gasteiger partial charge is 0.258 e. The van der Waals surface area contributed by atoms with Crippen LogP contribution in [0.1, 0.15) is 38.8 Å². The summed E-state index contributed by atoms with van der Waals surface area (Å²) >= 11 is 3.37. The molecule has 0 aromatic heterocycles. The summed E-state index contributed by atoms with van der Waals surface area (Å²) in [5.74, 6) is -0.114. The average molecular weight is 449 g/mol. The fourth-order valence-electron chi connectivity index (χ4n) is 3.68. The molecular weight excluding hydrogens is 428 g/mol. The van der Waals surface area contributed by atoms with Crippen molar-refractivity contribution in [1.82, 2.24) is 5.32 Å². The van der Waals surface area contributed by atoms with E-state index >= 15 is 0 Å². The first-order valence-electron chi connectivity index (χ1n) is 9.57. The lowest BCUT2D eigenvalue weighted by molar-refractivity contribution is 0.0948. The predicted octanol–water partition coefficient (Wildman–Crippen LogP) is 4.97. The first kappa shape index (κ1) is 19.4. The van der Waals surface area contributed by atoms with Crippen LogP contribution in [0.2, 0.25) is 0 Å². The molecule has 1 aliphatic rings. The topological polar surface area (TPSA) is 49.4 Å². The van der Waals surface area contributed by atoms with Gasteiger partial charge in [0.1, 0.15) is 0 Å². The van der Waals surface area contributed by atoms with Crippen LogP contribution in [0, 0.1) is 0 Å². The van der Waals surface area contributed by atoms with Crippen molar-refractivity contribution in [2.75, 3.05) is 4.90 Å². The predicted molar refractivity (Wildman–Crippen MR) is 118 cm³/mol. The van der Waals surface area contributed by atoms with Gasteiger partial charge in [-0.3, -0.25) is 9.59 Å². The molecule has 4 rings (SSSR count). The minimum Gasteiger partial charge on any atom is -0.348 e. The van der Waals surface area contributed by atoms with Crippen LogP contribution in [-0.2, 0) is 13.0 Å². The zero-order valence-corrected chi connectivity index (χ0v) is 17.6. The van der Waals surface area contributed by atoms with Gasteiger partial charge in [0.2, 0.25) is 0 Å². The van der Waals surface area contributed by atoms with Gasteiger partial charge in [-0.2, -0.15) is 0 Å². The molecule has 2 amide bonds. The average Bonchev–Trinajstić information content (AvgIpc) is 3.07. The molecule has 146 valence electrons. The van der Waals surface area contributed by atoms with Gasteiger partial charge >= 0.3 is 0 Å². The first-order chi connectivity index (χ1) is 14.0. The summed E-state index contributed by atoms with van der Waals surface area (Å²) in [6.45, 7) is 2.47. The van der Waals surface area contributed by atoms with Crippen LogP contribution >= 0.6 is 15.9 Å². The fourth-order valence-corrected chi connectivity index (χ4v) is 3.94. The van der Waals surface area contributed by atoms with E-state index in [4.69, 9.17) is 0 Å². The van der Waals surface area contributed by atoms with Crippen molar-refractivity contribution < 1.29 is 9.59 Å². The molecule has 3 aromatic rings. The van der Waals surface area contributed by atoms with Crippen molar-refractivity contribution in [2.45, 2.75) is 25.9 Å². The summed E-state index contributed by atoms with van der Waals surface area (Å²) in [4.78, 5) is 27.3. The van der Waals surface area contributed by atoms with Gasteiger partial charge in [-0.25, -0.2) is 0 Å². The quantitative estimate of drug-likeness (QED) is 0.612. The van der Waals surface area contributed by atoms with Crippen LogP contribution in [0.15, 0.2) is 77.3 Å². The van der Waals surface area contributed by atoms with Crippen LogP contribution in [0.25, 0.3) is 0 Å². The number of rotatable bonds is 4. The van der Waals surface area contributed by atoms with E-state index in [1.807, 2.05) is 59.5 Å². The Labute approximate surface area is 178 Å². The Bertz CT molecular complexity index is 1050. The number of halogens is 1. The zero-order chi connectivity index (χ0) is 20.4. The van der Waals surface area contributed by atoms with Crippen molar-refractivity contribution in [3.63, 3.8) is 0 Å².